The Hall–Kier alpha value is -3.85. The van der Waals surface area contributed by atoms with Crippen molar-refractivity contribution in [2.45, 2.75) is 16.8 Å². The number of aromatic nitrogens is 1. The van der Waals surface area contributed by atoms with Crippen molar-refractivity contribution < 1.29 is 26.7 Å². The summed E-state index contributed by atoms with van der Waals surface area (Å²) in [6.07, 6.45) is 0. The van der Waals surface area contributed by atoms with E-state index in [1.807, 2.05) is 25.1 Å². The standard InChI is InChI=1S/C24H19FN2O5S/c1-15-4-2-3-5-19(15)26-23-24(27-22(32-23)16-6-8-17(25)9-7-16)33(28,29)18-10-11-20-21(14-18)31-13-12-30-20/h2-11,14,26H,12-13H2,1H3. The van der Waals surface area contributed by atoms with E-state index in [4.69, 9.17) is 13.9 Å². The molecule has 0 amide bonds. The van der Waals surface area contributed by atoms with E-state index in [2.05, 4.69) is 10.3 Å². The number of anilines is 2. The summed E-state index contributed by atoms with van der Waals surface area (Å²) in [6.45, 7) is 2.61. The monoisotopic (exact) mass is 466 g/mol. The fourth-order valence-electron chi connectivity index (χ4n) is 3.42. The van der Waals surface area contributed by atoms with Gasteiger partial charge < -0.3 is 19.2 Å². The van der Waals surface area contributed by atoms with Gasteiger partial charge in [-0.3, -0.25) is 0 Å². The fourth-order valence-corrected chi connectivity index (χ4v) is 4.69. The summed E-state index contributed by atoms with van der Waals surface area (Å²) in [7, 11) is -4.11. The van der Waals surface area contributed by atoms with Gasteiger partial charge in [-0.25, -0.2) is 12.8 Å². The minimum Gasteiger partial charge on any atom is -0.486 e. The molecule has 9 heteroatoms. The second-order valence-electron chi connectivity index (χ2n) is 7.41. The van der Waals surface area contributed by atoms with Gasteiger partial charge in [-0.1, -0.05) is 18.2 Å². The van der Waals surface area contributed by atoms with Crippen LogP contribution in [0, 0.1) is 12.7 Å². The van der Waals surface area contributed by atoms with E-state index in [9.17, 15) is 12.8 Å². The van der Waals surface area contributed by atoms with Gasteiger partial charge in [0.2, 0.25) is 26.6 Å². The summed E-state index contributed by atoms with van der Waals surface area (Å²) in [5.41, 5.74) is 1.99. The lowest BCUT2D eigenvalue weighted by Crippen LogP contribution is -2.16. The summed E-state index contributed by atoms with van der Waals surface area (Å²) < 4.78 is 57.4. The lowest BCUT2D eigenvalue weighted by atomic mass is 10.2. The second-order valence-corrected chi connectivity index (χ2v) is 9.27. The summed E-state index contributed by atoms with van der Waals surface area (Å²) in [4.78, 5) is 4.27. The highest BCUT2D eigenvalue weighted by Gasteiger charge is 2.30. The highest BCUT2D eigenvalue weighted by Crippen LogP contribution is 2.38. The molecule has 0 radical (unpaired) electrons. The zero-order valence-electron chi connectivity index (χ0n) is 17.5. The molecule has 0 saturated carbocycles. The fraction of sp³-hybridized carbons (Fsp3) is 0.125. The number of nitrogens with one attached hydrogen (secondary N) is 1. The van der Waals surface area contributed by atoms with Gasteiger partial charge in [0.05, 0.1) is 4.90 Å². The highest BCUT2D eigenvalue weighted by atomic mass is 32.2. The largest absolute Gasteiger partial charge is 0.486 e. The Labute approximate surface area is 189 Å². The van der Waals surface area contributed by atoms with Crippen LogP contribution in [-0.4, -0.2) is 26.6 Å². The van der Waals surface area contributed by atoms with Gasteiger partial charge in [0.1, 0.15) is 19.0 Å². The molecular weight excluding hydrogens is 447 g/mol. The number of nitrogens with zero attached hydrogens (tertiary/aromatic N) is 1. The van der Waals surface area contributed by atoms with E-state index >= 15 is 0 Å². The van der Waals surface area contributed by atoms with Crippen LogP contribution < -0.4 is 14.8 Å². The van der Waals surface area contributed by atoms with Crippen molar-refractivity contribution in [1.29, 1.82) is 0 Å². The predicted molar refractivity (Wildman–Crippen MR) is 119 cm³/mol. The normalized spacial score (nSPS) is 13.0. The molecule has 0 saturated heterocycles. The number of hydrogen-bond acceptors (Lipinski definition) is 7. The van der Waals surface area contributed by atoms with E-state index in [0.29, 0.717) is 36.0 Å². The smallest absolute Gasteiger partial charge is 0.238 e. The van der Waals surface area contributed by atoms with Gasteiger partial charge >= 0.3 is 0 Å². The van der Waals surface area contributed by atoms with Gasteiger partial charge in [-0.15, -0.1) is 0 Å². The zero-order valence-corrected chi connectivity index (χ0v) is 18.4. The van der Waals surface area contributed by atoms with Gasteiger partial charge in [-0.05, 0) is 55.0 Å². The number of halogens is 1. The Kier molecular flexibility index (Phi) is 5.26. The Balaban J connectivity index is 1.63. The Bertz CT molecular complexity index is 1430. The molecule has 4 aromatic rings. The Morgan fingerprint density at radius 1 is 0.939 bits per heavy atom. The lowest BCUT2D eigenvalue weighted by Gasteiger charge is -2.18. The van der Waals surface area contributed by atoms with E-state index in [1.54, 1.807) is 12.1 Å². The van der Waals surface area contributed by atoms with Crippen molar-refractivity contribution in [2.24, 2.45) is 0 Å². The number of benzene rings is 3. The van der Waals surface area contributed by atoms with Crippen molar-refractivity contribution in [2.75, 3.05) is 18.5 Å². The zero-order chi connectivity index (χ0) is 23.0. The molecule has 0 bridgehead atoms. The maximum absolute atomic E-state index is 13.6. The van der Waals surface area contributed by atoms with Crippen molar-refractivity contribution in [3.63, 3.8) is 0 Å². The Morgan fingerprint density at radius 3 is 2.42 bits per heavy atom. The van der Waals surface area contributed by atoms with Crippen LogP contribution in [0.1, 0.15) is 5.56 Å². The van der Waals surface area contributed by atoms with Crippen LogP contribution in [0.5, 0.6) is 11.5 Å². The molecule has 33 heavy (non-hydrogen) atoms. The number of ether oxygens (including phenoxy) is 2. The Morgan fingerprint density at radius 2 is 1.67 bits per heavy atom. The molecule has 5 rings (SSSR count). The molecule has 0 atom stereocenters. The van der Waals surface area contributed by atoms with Gasteiger partial charge in [-0.2, -0.15) is 4.98 Å². The van der Waals surface area contributed by atoms with E-state index in [-0.39, 0.29) is 21.7 Å². The molecule has 1 aliphatic heterocycles. The van der Waals surface area contributed by atoms with E-state index in [0.717, 1.165) is 5.56 Å². The first kappa shape index (κ1) is 21.0. The minimum absolute atomic E-state index is 0.0152. The van der Waals surface area contributed by atoms with Gasteiger partial charge in [0, 0.05) is 17.3 Å². The average molecular weight is 466 g/mol. The summed E-state index contributed by atoms with van der Waals surface area (Å²) in [5.74, 6) is 0.400. The first-order chi connectivity index (χ1) is 15.9. The molecule has 1 N–H and O–H groups in total. The van der Waals surface area contributed by atoms with Crippen molar-refractivity contribution in [3.8, 4) is 23.0 Å². The summed E-state index contributed by atoms with van der Waals surface area (Å²) >= 11 is 0. The second kappa shape index (κ2) is 8.25. The van der Waals surface area contributed by atoms with Crippen molar-refractivity contribution in [1.82, 2.24) is 4.98 Å². The third kappa shape index (κ3) is 4.03. The number of fused-ring (bicyclic) bond motifs is 1. The maximum Gasteiger partial charge on any atom is 0.238 e. The lowest BCUT2D eigenvalue weighted by molar-refractivity contribution is 0.171. The summed E-state index contributed by atoms with van der Waals surface area (Å²) in [5, 5.41) is 2.75. The van der Waals surface area contributed by atoms with Crippen LogP contribution in [0.25, 0.3) is 11.5 Å². The van der Waals surface area contributed by atoms with Crippen LogP contribution in [-0.2, 0) is 9.84 Å². The van der Waals surface area contributed by atoms with Crippen LogP contribution in [0.15, 0.2) is 81.1 Å². The number of hydrogen-bond donors (Lipinski definition) is 1. The maximum atomic E-state index is 13.6. The van der Waals surface area contributed by atoms with Gasteiger partial charge in [0.15, 0.2) is 11.5 Å². The van der Waals surface area contributed by atoms with Crippen LogP contribution >= 0.6 is 0 Å². The number of sulfone groups is 1. The molecule has 0 fully saturated rings. The predicted octanol–water partition coefficient (Wildman–Crippen LogP) is 5.14. The molecule has 0 aliphatic carbocycles. The molecule has 2 heterocycles. The van der Waals surface area contributed by atoms with Crippen molar-refractivity contribution >= 4 is 21.4 Å². The first-order valence-electron chi connectivity index (χ1n) is 10.2. The third-order valence-electron chi connectivity index (χ3n) is 5.16. The van der Waals surface area contributed by atoms with Crippen LogP contribution in [0.4, 0.5) is 16.0 Å². The molecule has 0 unspecified atom stereocenters. The number of aryl methyl sites for hydroxylation is 1. The van der Waals surface area contributed by atoms with Crippen LogP contribution in [0.3, 0.4) is 0 Å². The number of oxazole rings is 1. The number of rotatable bonds is 5. The molecule has 3 aromatic carbocycles. The molecule has 168 valence electrons. The van der Waals surface area contributed by atoms with E-state index in [1.165, 1.54) is 36.4 Å². The van der Waals surface area contributed by atoms with Crippen LogP contribution in [0.2, 0.25) is 0 Å². The first-order valence-corrected chi connectivity index (χ1v) is 11.6. The molecular formula is C24H19FN2O5S. The molecule has 0 spiro atoms. The molecule has 1 aromatic heterocycles. The quantitative estimate of drug-likeness (QED) is 0.436. The van der Waals surface area contributed by atoms with E-state index < -0.39 is 15.7 Å². The molecule has 7 nitrogen and oxygen atoms in total. The third-order valence-corrected chi connectivity index (χ3v) is 6.82. The minimum atomic E-state index is -4.11. The van der Waals surface area contributed by atoms with Crippen molar-refractivity contribution in [3.05, 3.63) is 78.1 Å². The SMILES string of the molecule is Cc1ccccc1Nc1oc(-c2ccc(F)cc2)nc1S(=O)(=O)c1ccc2c(c1)OCCO2. The summed E-state index contributed by atoms with van der Waals surface area (Å²) in [6, 6.07) is 17.2. The topological polar surface area (TPSA) is 90.7 Å². The average Bonchev–Trinajstić information content (AvgIpc) is 3.25. The highest BCUT2D eigenvalue weighted by molar-refractivity contribution is 7.91. The van der Waals surface area contributed by atoms with Gasteiger partial charge in [0.25, 0.3) is 0 Å². The number of para-hydroxylation sites is 1. The molecule has 1 aliphatic rings.